The minimum atomic E-state index is -4.94. The normalized spacial score (nSPS) is 33.8. The van der Waals surface area contributed by atoms with Crippen molar-refractivity contribution in [2.24, 2.45) is 0 Å². The SMILES string of the molecule is C[C@@H]1CCN2Cc3ccccc3CN([C@@H](C)CCN3Cc4ccccc4CN1[C@@H]1CCCC[C@H]13)[C@H]1CCCC[C@@H]12.[Cu+2].[O-][Cl+3]([O-])([O-])[O-].[O-][Cl+3]([O-])([O-])[O-]. The minimum Gasteiger partial charge on any atom is -0.295 e. The minimum absolute atomic E-state index is 0. The first kappa shape index (κ1) is 42.8. The molecule has 0 spiro atoms. The molecular formula is C36H52Cl2CuN4O8. The molecule has 2 aliphatic carbocycles. The Morgan fingerprint density at radius 1 is 0.451 bits per heavy atom. The van der Waals surface area contributed by atoms with Crippen LogP contribution in [0.25, 0.3) is 0 Å². The first-order valence-corrected chi connectivity index (χ1v) is 20.5. The van der Waals surface area contributed by atoms with Gasteiger partial charge in [0, 0.05) is 75.5 Å². The predicted molar refractivity (Wildman–Crippen MR) is 165 cm³/mol. The number of benzene rings is 2. The van der Waals surface area contributed by atoms with Crippen LogP contribution in [0.15, 0.2) is 48.5 Å². The molecule has 3 heterocycles. The zero-order valence-electron chi connectivity index (χ0n) is 29.5. The number of halogens is 2. The van der Waals surface area contributed by atoms with Crippen LogP contribution in [-0.2, 0) is 43.2 Å². The van der Waals surface area contributed by atoms with Crippen LogP contribution in [-0.4, -0.2) is 68.9 Å². The zero-order chi connectivity index (χ0) is 36.1. The number of nitrogens with zero attached hydrogens (tertiary/aromatic N) is 4. The Balaban J connectivity index is 0.000000470. The van der Waals surface area contributed by atoms with E-state index in [1.165, 1.54) is 77.3 Å². The molecule has 0 amide bonds. The van der Waals surface area contributed by atoms with Crippen molar-refractivity contribution in [3.63, 3.8) is 0 Å². The van der Waals surface area contributed by atoms with E-state index >= 15 is 0 Å². The van der Waals surface area contributed by atoms with E-state index < -0.39 is 20.5 Å². The molecule has 0 N–H and O–H groups in total. The largest absolute Gasteiger partial charge is 2.00 e. The smallest absolute Gasteiger partial charge is 0.295 e. The topological polar surface area (TPSA) is 197 Å². The third-order valence-corrected chi connectivity index (χ3v) is 11.7. The van der Waals surface area contributed by atoms with Crippen molar-refractivity contribution in [2.75, 3.05) is 13.1 Å². The Labute approximate surface area is 317 Å². The molecule has 2 aromatic carbocycles. The first-order chi connectivity index (χ1) is 23.7. The standard InChI is InChI=1S/C36H52N4.2ClHO4.Cu/c1-27-19-21-37-23-30-12-4-6-14-32(30)26-40(36-18-10-8-16-34(36)37)28(2)20-22-38-24-29-11-3-5-13-31(29)25-39(27)35-17-9-7-15-33(35)38;2*2-1(3,4)5;/h3-6,11-14,27-28,33-36H,7-10,15-26H2,1-2H3;2*(H,2,3,4,5);/q;;;+2/p-2/t27-,28+,33-,34+,35-,36+;;;. The van der Waals surface area contributed by atoms with Crippen LogP contribution in [0.4, 0.5) is 0 Å². The molecule has 15 heteroatoms. The van der Waals surface area contributed by atoms with Crippen LogP contribution in [0, 0.1) is 20.5 Å². The monoisotopic (exact) mass is 801 g/mol. The van der Waals surface area contributed by atoms with Gasteiger partial charge in [-0.15, -0.1) is 20.5 Å². The molecule has 12 nitrogen and oxygen atoms in total. The van der Waals surface area contributed by atoms with Crippen molar-refractivity contribution in [3.05, 3.63) is 70.8 Å². The van der Waals surface area contributed by atoms with Gasteiger partial charge in [-0.05, 0) is 74.6 Å². The fraction of sp³-hybridized carbons (Fsp3) is 0.667. The van der Waals surface area contributed by atoms with Gasteiger partial charge in [0.1, 0.15) is 0 Å². The molecule has 10 atom stereocenters. The van der Waals surface area contributed by atoms with E-state index in [2.05, 4.69) is 82.0 Å². The maximum atomic E-state index is 8.49. The summed E-state index contributed by atoms with van der Waals surface area (Å²) >= 11 is 0. The van der Waals surface area contributed by atoms with E-state index in [-0.39, 0.29) is 17.1 Å². The third-order valence-electron chi connectivity index (χ3n) is 11.7. The Hall–Kier alpha value is -0.941. The number of hydrogen-bond acceptors (Lipinski definition) is 12. The van der Waals surface area contributed by atoms with Crippen LogP contribution < -0.4 is 37.3 Å². The van der Waals surface area contributed by atoms with Gasteiger partial charge in [0.05, 0.1) is 0 Å². The fourth-order valence-electron chi connectivity index (χ4n) is 9.33. The zero-order valence-corrected chi connectivity index (χ0v) is 32.0. The second-order valence-corrected chi connectivity index (χ2v) is 16.2. The summed E-state index contributed by atoms with van der Waals surface area (Å²) in [6, 6.07) is 22.8. The van der Waals surface area contributed by atoms with Gasteiger partial charge in [0.2, 0.25) is 0 Å². The molecule has 1 saturated heterocycles. The van der Waals surface area contributed by atoms with Gasteiger partial charge < -0.3 is 0 Å². The van der Waals surface area contributed by atoms with Gasteiger partial charge in [-0.2, -0.15) is 0 Å². The van der Waals surface area contributed by atoms with Gasteiger partial charge in [0.25, 0.3) is 0 Å². The van der Waals surface area contributed by atoms with E-state index in [4.69, 9.17) is 37.3 Å². The summed E-state index contributed by atoms with van der Waals surface area (Å²) < 4.78 is 67.9. The van der Waals surface area contributed by atoms with Gasteiger partial charge in [0.15, 0.2) is 0 Å². The van der Waals surface area contributed by atoms with Crippen molar-refractivity contribution < 1.29 is 74.8 Å². The summed E-state index contributed by atoms with van der Waals surface area (Å²) in [6.45, 7) is 12.1. The van der Waals surface area contributed by atoms with Crippen LogP contribution in [0.1, 0.15) is 100 Å². The summed E-state index contributed by atoms with van der Waals surface area (Å²) in [6.07, 6.45) is 13.6. The van der Waals surface area contributed by atoms with Crippen LogP contribution in [0.5, 0.6) is 0 Å². The summed E-state index contributed by atoms with van der Waals surface area (Å²) in [4.78, 5) is 11.9. The van der Waals surface area contributed by atoms with E-state index in [0.717, 1.165) is 26.2 Å². The predicted octanol–water partition coefficient (Wildman–Crippen LogP) is -2.70. The van der Waals surface area contributed by atoms with Crippen LogP contribution in [0.2, 0.25) is 0 Å². The summed E-state index contributed by atoms with van der Waals surface area (Å²) in [7, 11) is -9.89. The molecule has 2 aromatic rings. The van der Waals surface area contributed by atoms with E-state index in [9.17, 15) is 0 Å². The van der Waals surface area contributed by atoms with E-state index in [0.29, 0.717) is 36.3 Å². The van der Waals surface area contributed by atoms with Crippen molar-refractivity contribution in [2.45, 2.75) is 140 Å². The molecule has 1 radical (unpaired) electrons. The molecule has 3 aliphatic heterocycles. The molecule has 3 fully saturated rings. The van der Waals surface area contributed by atoms with Gasteiger partial charge in [-0.3, -0.25) is 19.6 Å². The number of rotatable bonds is 0. The number of fused-ring (bicyclic) bond motifs is 2. The maximum absolute atomic E-state index is 8.49. The quantitative estimate of drug-likeness (QED) is 0.251. The summed E-state index contributed by atoms with van der Waals surface area (Å²) in [5, 5.41) is 0. The Morgan fingerprint density at radius 2 is 0.725 bits per heavy atom. The molecule has 289 valence electrons. The van der Waals surface area contributed by atoms with Crippen molar-refractivity contribution in [3.8, 4) is 0 Å². The molecule has 4 bridgehead atoms. The van der Waals surface area contributed by atoms with Crippen molar-refractivity contribution >= 4 is 0 Å². The molecule has 4 unspecified atom stereocenters. The van der Waals surface area contributed by atoms with Crippen LogP contribution >= 0.6 is 0 Å². The van der Waals surface area contributed by atoms with Crippen molar-refractivity contribution in [1.82, 2.24) is 19.6 Å². The van der Waals surface area contributed by atoms with E-state index in [1.807, 2.05) is 0 Å². The molecule has 2 saturated carbocycles. The average Bonchev–Trinajstić information content (AvgIpc) is 3.03. The van der Waals surface area contributed by atoms with Gasteiger partial charge >= 0.3 is 17.1 Å². The second-order valence-electron chi connectivity index (χ2n) is 14.7. The molecular weight excluding hydrogens is 751 g/mol. The molecule has 7 rings (SSSR count). The average molecular weight is 803 g/mol. The molecule has 5 aliphatic rings. The van der Waals surface area contributed by atoms with Gasteiger partial charge in [-0.1, -0.05) is 74.2 Å². The summed E-state index contributed by atoms with van der Waals surface area (Å²) in [5.74, 6) is 0. The Bertz CT molecular complexity index is 1260. The maximum Gasteiger partial charge on any atom is 2.00 e. The fourth-order valence-corrected chi connectivity index (χ4v) is 9.33. The van der Waals surface area contributed by atoms with Crippen molar-refractivity contribution in [1.29, 1.82) is 0 Å². The van der Waals surface area contributed by atoms with E-state index in [1.54, 1.807) is 22.3 Å². The second kappa shape index (κ2) is 19.1. The summed E-state index contributed by atoms with van der Waals surface area (Å²) in [5.41, 5.74) is 6.29. The third kappa shape index (κ3) is 12.5. The van der Waals surface area contributed by atoms with Crippen LogP contribution in [0.3, 0.4) is 0 Å². The Kier molecular flexibility index (Phi) is 16.0. The Morgan fingerprint density at radius 3 is 1.04 bits per heavy atom. The van der Waals surface area contributed by atoms with Gasteiger partial charge in [-0.25, -0.2) is 37.3 Å². The molecule has 0 aromatic heterocycles. The first-order valence-electron chi connectivity index (χ1n) is 18.0. The molecule has 51 heavy (non-hydrogen) atoms. The number of hydrogen-bond donors (Lipinski definition) is 0.